The minimum atomic E-state index is -0.687. The van der Waals surface area contributed by atoms with Crippen molar-refractivity contribution < 1.29 is 31.9 Å². The Hall–Kier alpha value is 0.634. The first-order valence-corrected chi connectivity index (χ1v) is 10.9. The first kappa shape index (κ1) is 41.8. The largest absolute Gasteiger partial charge is 2.00 e. The second kappa shape index (κ2) is 11.4. The van der Waals surface area contributed by atoms with E-state index >= 15 is 0 Å². The Balaban J connectivity index is -0.000000133. The molecule has 0 spiro atoms. The maximum atomic E-state index is 11.0. The van der Waals surface area contributed by atoms with Crippen LogP contribution in [-0.4, -0.2) is 21.4 Å². The van der Waals surface area contributed by atoms with Crippen molar-refractivity contribution in [1.29, 1.82) is 0 Å². The third kappa shape index (κ3) is 8.41. The first-order valence-electron chi connectivity index (χ1n) is 10.9. The average molecular weight is 479 g/mol. The molecule has 0 saturated heterocycles. The Kier molecular flexibility index (Phi) is 15.4. The second-order valence-electron chi connectivity index (χ2n) is 14.9. The van der Waals surface area contributed by atoms with E-state index < -0.39 is 11.2 Å². The van der Waals surface area contributed by atoms with E-state index in [0.717, 1.165) is 0 Å². The van der Waals surface area contributed by atoms with Gasteiger partial charge in [-0.15, -0.1) is 0 Å². The van der Waals surface area contributed by atoms with E-state index in [1.54, 1.807) is 0 Å². The molecule has 0 atom stereocenters. The van der Waals surface area contributed by atoms with Gasteiger partial charge < -0.3 is 25.1 Å². The fourth-order valence-corrected chi connectivity index (χ4v) is 6.75. The quantitative estimate of drug-likeness (QED) is 0.270. The van der Waals surface area contributed by atoms with Gasteiger partial charge >= 0.3 is 21.7 Å². The summed E-state index contributed by atoms with van der Waals surface area (Å²) in [7, 11) is 0. The van der Waals surface area contributed by atoms with E-state index in [2.05, 4.69) is 125 Å². The van der Waals surface area contributed by atoms with Gasteiger partial charge in [-0.05, 0) is 32.5 Å². The summed E-state index contributed by atoms with van der Waals surface area (Å²) in [5, 5.41) is 22.0. The minimum absolute atomic E-state index is 0. The summed E-state index contributed by atoms with van der Waals surface area (Å²) in [6.07, 6.45) is 0. The van der Waals surface area contributed by atoms with Gasteiger partial charge in [-0.1, -0.05) is 125 Å². The molecule has 0 radical (unpaired) electrons. The average Bonchev–Trinajstić information content (AvgIpc) is 2.29. The van der Waals surface area contributed by atoms with Gasteiger partial charge in [0.05, 0.1) is 11.2 Å². The zero-order valence-corrected chi connectivity index (χ0v) is 27.0. The van der Waals surface area contributed by atoms with Crippen LogP contribution in [-0.2, 0) is 21.7 Å². The van der Waals surface area contributed by atoms with Gasteiger partial charge in [-0.3, -0.25) is 0 Å². The van der Waals surface area contributed by atoms with Crippen LogP contribution in [0.15, 0.2) is 0 Å². The maximum Gasteiger partial charge on any atom is 2.00 e. The van der Waals surface area contributed by atoms with Gasteiger partial charge in [0.1, 0.15) is 0 Å². The fraction of sp³-hybridized carbons (Fsp3) is 0.929. The van der Waals surface area contributed by atoms with Crippen LogP contribution in [0.5, 0.6) is 0 Å². The SMILES string of the molecule is CC(C)(C)C(O)(C(C)(C)C)C(C)(C)C.CC(C)(C)C(O)(C(C)(C)C)C(C)(C)C.[CH3-].[CH3-].[Ti+2]. The molecule has 0 aliphatic carbocycles. The topological polar surface area (TPSA) is 40.5 Å². The van der Waals surface area contributed by atoms with Crippen molar-refractivity contribution in [2.45, 2.75) is 136 Å². The zero-order chi connectivity index (χ0) is 24.0. The third-order valence-corrected chi connectivity index (χ3v) is 6.51. The summed E-state index contributed by atoms with van der Waals surface area (Å²) < 4.78 is 0. The van der Waals surface area contributed by atoms with E-state index in [1.807, 2.05) is 0 Å². The van der Waals surface area contributed by atoms with Gasteiger partial charge in [0.15, 0.2) is 0 Å². The summed E-state index contributed by atoms with van der Waals surface area (Å²) in [6, 6.07) is 0. The summed E-state index contributed by atoms with van der Waals surface area (Å²) in [5.74, 6) is 0. The molecule has 190 valence electrons. The van der Waals surface area contributed by atoms with E-state index in [4.69, 9.17) is 0 Å². The van der Waals surface area contributed by atoms with Crippen molar-refractivity contribution in [1.82, 2.24) is 0 Å². The molecule has 0 saturated carbocycles. The molecule has 2 nitrogen and oxygen atoms in total. The maximum absolute atomic E-state index is 11.0. The number of rotatable bonds is 0. The monoisotopic (exact) mass is 478 g/mol. The summed E-state index contributed by atoms with van der Waals surface area (Å²) in [4.78, 5) is 0. The van der Waals surface area contributed by atoms with E-state index in [-0.39, 0.29) is 69.1 Å². The molecular weight excluding hydrogens is 416 g/mol. The molecule has 0 fully saturated rings. The molecule has 0 unspecified atom stereocenters. The third-order valence-electron chi connectivity index (χ3n) is 6.51. The molecular formula is C28H62O2Ti. The minimum Gasteiger partial charge on any atom is -0.388 e. The van der Waals surface area contributed by atoms with Gasteiger partial charge in [-0.25, -0.2) is 0 Å². The van der Waals surface area contributed by atoms with Gasteiger partial charge in [0, 0.05) is 0 Å². The summed E-state index contributed by atoms with van der Waals surface area (Å²) in [5.41, 5.74) is -2.10. The first-order chi connectivity index (χ1) is 11.5. The van der Waals surface area contributed by atoms with Crippen LogP contribution in [0.1, 0.15) is 125 Å². The normalized spacial score (nSPS) is 14.3. The molecule has 0 aliphatic rings. The van der Waals surface area contributed by atoms with Crippen molar-refractivity contribution in [3.05, 3.63) is 14.9 Å². The Morgan fingerprint density at radius 3 is 0.355 bits per heavy atom. The van der Waals surface area contributed by atoms with Crippen LogP contribution >= 0.6 is 0 Å². The molecule has 2 N–H and O–H groups in total. The smallest absolute Gasteiger partial charge is 0.388 e. The molecule has 0 rings (SSSR count). The van der Waals surface area contributed by atoms with E-state index in [9.17, 15) is 10.2 Å². The van der Waals surface area contributed by atoms with Crippen molar-refractivity contribution in [2.75, 3.05) is 0 Å². The molecule has 0 aromatic rings. The van der Waals surface area contributed by atoms with Crippen molar-refractivity contribution in [3.63, 3.8) is 0 Å². The molecule has 3 heteroatoms. The van der Waals surface area contributed by atoms with Crippen molar-refractivity contribution in [2.24, 2.45) is 32.5 Å². The standard InChI is InChI=1S/2C13H28O.2CH3.Ti/c2*1-10(2,3)13(14,11(4,5)6)12(7,8)9;;;/h2*14H,1-9H3;2*1H3;/q;;2*-1;+2. The number of hydrogen-bond donors (Lipinski definition) is 2. The van der Waals surface area contributed by atoms with Crippen LogP contribution < -0.4 is 0 Å². The zero-order valence-electron chi connectivity index (χ0n) is 25.4. The Morgan fingerprint density at radius 1 is 0.290 bits per heavy atom. The summed E-state index contributed by atoms with van der Waals surface area (Å²) >= 11 is 0. The molecule has 0 bridgehead atoms. The van der Waals surface area contributed by atoms with Gasteiger partial charge in [0.2, 0.25) is 0 Å². The molecule has 0 heterocycles. The molecule has 0 amide bonds. The van der Waals surface area contributed by atoms with Gasteiger partial charge in [-0.2, -0.15) is 0 Å². The van der Waals surface area contributed by atoms with E-state index in [1.165, 1.54) is 0 Å². The Labute approximate surface area is 214 Å². The van der Waals surface area contributed by atoms with E-state index in [0.29, 0.717) is 0 Å². The predicted octanol–water partition coefficient (Wildman–Crippen LogP) is 8.61. The van der Waals surface area contributed by atoms with Crippen molar-refractivity contribution in [3.8, 4) is 0 Å². The number of hydrogen-bond acceptors (Lipinski definition) is 2. The number of aliphatic hydroxyl groups is 2. The van der Waals surface area contributed by atoms with Crippen LogP contribution in [0.25, 0.3) is 0 Å². The predicted molar refractivity (Wildman–Crippen MR) is 139 cm³/mol. The molecule has 0 aliphatic heterocycles. The molecule has 0 aromatic heterocycles. The van der Waals surface area contributed by atoms with Crippen LogP contribution in [0, 0.1) is 47.3 Å². The molecule has 0 aromatic carbocycles. The second-order valence-corrected chi connectivity index (χ2v) is 14.9. The Morgan fingerprint density at radius 2 is 0.355 bits per heavy atom. The van der Waals surface area contributed by atoms with Crippen molar-refractivity contribution >= 4 is 0 Å². The summed E-state index contributed by atoms with van der Waals surface area (Å²) in [6.45, 7) is 38.1. The fourth-order valence-electron chi connectivity index (χ4n) is 6.75. The molecule has 31 heavy (non-hydrogen) atoms. The van der Waals surface area contributed by atoms with Crippen LogP contribution in [0.2, 0.25) is 0 Å². The van der Waals surface area contributed by atoms with Gasteiger partial charge in [0.25, 0.3) is 0 Å². The Bertz CT molecular complexity index is 372. The van der Waals surface area contributed by atoms with Crippen LogP contribution in [0.3, 0.4) is 0 Å². The van der Waals surface area contributed by atoms with Crippen LogP contribution in [0.4, 0.5) is 0 Å².